The molecule has 5 rings (SSSR count). The molecule has 180 valence electrons. The molecule has 2 amide bonds. The van der Waals surface area contributed by atoms with Crippen molar-refractivity contribution in [3.05, 3.63) is 53.6 Å². The van der Waals surface area contributed by atoms with Crippen LogP contribution >= 0.6 is 0 Å². The molecule has 34 heavy (non-hydrogen) atoms. The van der Waals surface area contributed by atoms with E-state index in [0.29, 0.717) is 25.8 Å². The van der Waals surface area contributed by atoms with Crippen molar-refractivity contribution in [2.24, 2.45) is 11.8 Å². The van der Waals surface area contributed by atoms with Gasteiger partial charge in [-0.05, 0) is 87.4 Å². The van der Waals surface area contributed by atoms with E-state index >= 15 is 0 Å². The highest BCUT2D eigenvalue weighted by atomic mass is 32.2. The molecule has 2 aromatic rings. The Kier molecular flexibility index (Phi) is 5.98. The molecule has 3 aliphatic rings. The predicted molar refractivity (Wildman–Crippen MR) is 131 cm³/mol. The normalized spacial score (nSPS) is 22.9. The van der Waals surface area contributed by atoms with E-state index in [1.807, 2.05) is 43.0 Å². The number of anilines is 2. The zero-order valence-corrected chi connectivity index (χ0v) is 20.5. The van der Waals surface area contributed by atoms with Gasteiger partial charge >= 0.3 is 0 Å². The van der Waals surface area contributed by atoms with Crippen molar-refractivity contribution >= 4 is 33.2 Å². The standard InChI is InChI=1S/C26H31N3O4S/c1-17-5-3-7-22(13-17)27-25(30)20-6-4-12-28(16-20)34(32,33)23-10-11-24-21(15-23)14-18(2)29(24)26(31)19-8-9-19/h3,5,7,10-11,13,15,18-20H,4,6,8-9,12,14,16H2,1-2H3,(H,27,30)/t18-,20-/m1/s1. The summed E-state index contributed by atoms with van der Waals surface area (Å²) in [5.74, 6) is -0.277. The number of rotatable bonds is 5. The Morgan fingerprint density at radius 2 is 1.82 bits per heavy atom. The van der Waals surface area contributed by atoms with Gasteiger partial charge in [-0.2, -0.15) is 4.31 Å². The monoisotopic (exact) mass is 481 g/mol. The Morgan fingerprint density at radius 1 is 1.03 bits per heavy atom. The average molecular weight is 482 g/mol. The molecule has 2 fully saturated rings. The smallest absolute Gasteiger partial charge is 0.243 e. The van der Waals surface area contributed by atoms with Gasteiger partial charge in [-0.25, -0.2) is 8.42 Å². The minimum atomic E-state index is -3.74. The molecule has 0 spiro atoms. The fourth-order valence-corrected chi connectivity index (χ4v) is 6.70. The van der Waals surface area contributed by atoms with Crippen molar-refractivity contribution in [2.75, 3.05) is 23.3 Å². The third-order valence-corrected chi connectivity index (χ3v) is 8.97. The number of sulfonamides is 1. The number of nitrogens with one attached hydrogen (secondary N) is 1. The van der Waals surface area contributed by atoms with Gasteiger partial charge in [-0.15, -0.1) is 0 Å². The molecule has 0 aromatic heterocycles. The van der Waals surface area contributed by atoms with Crippen molar-refractivity contribution in [3.8, 4) is 0 Å². The molecule has 0 bridgehead atoms. The number of amides is 2. The van der Waals surface area contributed by atoms with E-state index < -0.39 is 15.9 Å². The van der Waals surface area contributed by atoms with Gasteiger partial charge < -0.3 is 10.2 Å². The molecule has 1 N–H and O–H groups in total. The molecule has 1 aliphatic carbocycles. The van der Waals surface area contributed by atoms with E-state index in [0.717, 1.165) is 35.3 Å². The number of carbonyl (C=O) groups is 2. The quantitative estimate of drug-likeness (QED) is 0.705. The summed E-state index contributed by atoms with van der Waals surface area (Å²) in [5.41, 5.74) is 3.50. The summed E-state index contributed by atoms with van der Waals surface area (Å²) in [6, 6.07) is 12.7. The summed E-state index contributed by atoms with van der Waals surface area (Å²) in [5, 5.41) is 2.93. The number of hydrogen-bond donors (Lipinski definition) is 1. The van der Waals surface area contributed by atoms with Gasteiger partial charge in [-0.3, -0.25) is 9.59 Å². The Balaban J connectivity index is 1.32. The highest BCUT2D eigenvalue weighted by molar-refractivity contribution is 7.89. The van der Waals surface area contributed by atoms with Crippen molar-refractivity contribution in [1.82, 2.24) is 4.31 Å². The van der Waals surface area contributed by atoms with Crippen LogP contribution in [0.25, 0.3) is 0 Å². The molecule has 0 radical (unpaired) electrons. The van der Waals surface area contributed by atoms with Crippen molar-refractivity contribution < 1.29 is 18.0 Å². The number of fused-ring (bicyclic) bond motifs is 1. The van der Waals surface area contributed by atoms with Crippen LogP contribution in [0.15, 0.2) is 47.4 Å². The van der Waals surface area contributed by atoms with Gasteiger partial charge in [0.25, 0.3) is 0 Å². The molecule has 8 heteroatoms. The van der Waals surface area contributed by atoms with Crippen LogP contribution in [-0.2, 0) is 26.0 Å². The summed E-state index contributed by atoms with van der Waals surface area (Å²) in [6.07, 6.45) is 3.83. The minimum absolute atomic E-state index is 0.0331. The van der Waals surface area contributed by atoms with Crippen LogP contribution in [0.3, 0.4) is 0 Å². The molecule has 2 aromatic carbocycles. The second kappa shape index (κ2) is 8.82. The first-order valence-electron chi connectivity index (χ1n) is 12.1. The van der Waals surface area contributed by atoms with Crippen molar-refractivity contribution in [3.63, 3.8) is 0 Å². The molecular weight excluding hydrogens is 450 g/mol. The van der Waals surface area contributed by atoms with E-state index in [1.165, 1.54) is 4.31 Å². The largest absolute Gasteiger partial charge is 0.326 e. The summed E-state index contributed by atoms with van der Waals surface area (Å²) in [6.45, 7) is 4.54. The van der Waals surface area contributed by atoms with Crippen molar-refractivity contribution in [1.29, 1.82) is 0 Å². The maximum Gasteiger partial charge on any atom is 0.243 e. The van der Waals surface area contributed by atoms with Gasteiger partial charge in [0.1, 0.15) is 0 Å². The third-order valence-electron chi connectivity index (χ3n) is 7.11. The number of carbonyl (C=O) groups excluding carboxylic acids is 2. The van der Waals surface area contributed by atoms with E-state index in [9.17, 15) is 18.0 Å². The van der Waals surface area contributed by atoms with E-state index in [2.05, 4.69) is 5.32 Å². The lowest BCUT2D eigenvalue weighted by molar-refractivity contribution is -0.121. The maximum atomic E-state index is 13.5. The van der Waals surface area contributed by atoms with Gasteiger partial charge in [-0.1, -0.05) is 12.1 Å². The zero-order chi connectivity index (χ0) is 24.0. The number of aryl methyl sites for hydroxylation is 1. The lowest BCUT2D eigenvalue weighted by Crippen LogP contribution is -2.43. The number of hydrogen-bond acceptors (Lipinski definition) is 4. The van der Waals surface area contributed by atoms with Crippen LogP contribution in [0.5, 0.6) is 0 Å². The number of nitrogens with zero attached hydrogens (tertiary/aromatic N) is 2. The highest BCUT2D eigenvalue weighted by Gasteiger charge is 2.40. The molecule has 2 aliphatic heterocycles. The Hall–Kier alpha value is -2.71. The predicted octanol–water partition coefficient (Wildman–Crippen LogP) is 3.72. The van der Waals surface area contributed by atoms with Gasteiger partial charge in [0.15, 0.2) is 0 Å². The molecule has 2 heterocycles. The molecule has 1 saturated heterocycles. The third kappa shape index (κ3) is 4.36. The highest BCUT2D eigenvalue weighted by Crippen LogP contribution is 2.40. The molecule has 2 atom stereocenters. The van der Waals surface area contributed by atoms with E-state index in [-0.39, 0.29) is 35.2 Å². The summed E-state index contributed by atoms with van der Waals surface area (Å²) in [4.78, 5) is 27.7. The lowest BCUT2D eigenvalue weighted by atomic mass is 9.98. The molecule has 0 unspecified atom stereocenters. The summed E-state index contributed by atoms with van der Waals surface area (Å²) in [7, 11) is -3.74. The second-order valence-electron chi connectivity index (χ2n) is 9.89. The first kappa shape index (κ1) is 23.1. The molecule has 7 nitrogen and oxygen atoms in total. The van der Waals surface area contributed by atoms with Crippen LogP contribution in [0, 0.1) is 18.8 Å². The van der Waals surface area contributed by atoms with Crippen LogP contribution in [0.4, 0.5) is 11.4 Å². The Morgan fingerprint density at radius 3 is 2.56 bits per heavy atom. The topological polar surface area (TPSA) is 86.8 Å². The number of piperidine rings is 1. The zero-order valence-electron chi connectivity index (χ0n) is 19.7. The first-order chi connectivity index (χ1) is 16.2. The van der Waals surface area contributed by atoms with Crippen LogP contribution in [-0.4, -0.2) is 43.7 Å². The van der Waals surface area contributed by atoms with Crippen LogP contribution < -0.4 is 10.2 Å². The van der Waals surface area contributed by atoms with Crippen LogP contribution in [0.1, 0.15) is 43.7 Å². The molecular formula is C26H31N3O4S. The fraction of sp³-hybridized carbons (Fsp3) is 0.462. The second-order valence-corrected chi connectivity index (χ2v) is 11.8. The van der Waals surface area contributed by atoms with Crippen molar-refractivity contribution in [2.45, 2.75) is 56.9 Å². The number of benzene rings is 2. The van der Waals surface area contributed by atoms with E-state index in [4.69, 9.17) is 0 Å². The fourth-order valence-electron chi connectivity index (χ4n) is 5.12. The Labute approximate surface area is 201 Å². The first-order valence-corrected chi connectivity index (χ1v) is 13.5. The lowest BCUT2D eigenvalue weighted by Gasteiger charge is -2.31. The van der Waals surface area contributed by atoms with Gasteiger partial charge in [0, 0.05) is 36.4 Å². The van der Waals surface area contributed by atoms with Gasteiger partial charge in [0.05, 0.1) is 10.8 Å². The minimum Gasteiger partial charge on any atom is -0.326 e. The SMILES string of the molecule is Cc1cccc(NC(=O)[C@@H]2CCCN(S(=O)(=O)c3ccc4c(c3)C[C@@H](C)N4C(=O)C3CC3)C2)c1. The summed E-state index contributed by atoms with van der Waals surface area (Å²) >= 11 is 0. The summed E-state index contributed by atoms with van der Waals surface area (Å²) < 4.78 is 28.4. The van der Waals surface area contributed by atoms with Crippen LogP contribution in [0.2, 0.25) is 0 Å². The van der Waals surface area contributed by atoms with Gasteiger partial charge in [0.2, 0.25) is 21.8 Å². The van der Waals surface area contributed by atoms with E-state index in [1.54, 1.807) is 18.2 Å². The Bertz CT molecular complexity index is 1240. The average Bonchev–Trinajstić information content (AvgIpc) is 3.60. The maximum absolute atomic E-state index is 13.5. The molecule has 1 saturated carbocycles.